The normalized spacial score (nSPS) is 17.3. The van der Waals surface area contributed by atoms with Crippen LogP contribution in [0.3, 0.4) is 0 Å². The monoisotopic (exact) mass is 440 g/mol. The number of rotatable bonds is 5. The van der Waals surface area contributed by atoms with Crippen molar-refractivity contribution in [1.82, 2.24) is 9.47 Å². The number of hydrogen-bond donors (Lipinski definition) is 0. The van der Waals surface area contributed by atoms with Crippen molar-refractivity contribution in [2.75, 3.05) is 13.1 Å². The van der Waals surface area contributed by atoms with Crippen molar-refractivity contribution in [3.63, 3.8) is 0 Å². The highest BCUT2D eigenvalue weighted by molar-refractivity contribution is 6.13. The molecule has 0 amide bonds. The summed E-state index contributed by atoms with van der Waals surface area (Å²) in [7, 11) is 1.93. The molecule has 1 aromatic heterocycles. The lowest BCUT2D eigenvalue weighted by Crippen LogP contribution is -2.35. The molecule has 0 saturated carbocycles. The summed E-state index contributed by atoms with van der Waals surface area (Å²) < 4.78 is 41.1. The van der Waals surface area contributed by atoms with Gasteiger partial charge >= 0.3 is 6.18 Å². The van der Waals surface area contributed by atoms with Gasteiger partial charge < -0.3 is 4.57 Å². The van der Waals surface area contributed by atoms with E-state index in [1.165, 1.54) is 12.1 Å². The standard InChI is InChI=1S/C26H27F3N2O/c1-18(20-6-5-7-21(16-20)26(27,28)29)31-14-12-19(13-15-31)10-11-25(32)23-17-30(2)24-9-4-3-8-22(23)24/h3-11,16-19H,12-15H2,1-2H3. The van der Waals surface area contributed by atoms with Gasteiger partial charge in [0.2, 0.25) is 0 Å². The fraction of sp³-hybridized carbons (Fsp3) is 0.346. The van der Waals surface area contributed by atoms with Crippen molar-refractivity contribution in [3.05, 3.63) is 83.6 Å². The van der Waals surface area contributed by atoms with Crippen LogP contribution in [0.25, 0.3) is 10.9 Å². The van der Waals surface area contributed by atoms with Gasteiger partial charge in [0, 0.05) is 35.8 Å². The van der Waals surface area contributed by atoms with E-state index in [4.69, 9.17) is 0 Å². The molecule has 0 spiro atoms. The number of halogens is 3. The lowest BCUT2D eigenvalue weighted by Gasteiger charge is -2.35. The van der Waals surface area contributed by atoms with Gasteiger partial charge in [0.25, 0.3) is 0 Å². The van der Waals surface area contributed by atoms with Crippen LogP contribution >= 0.6 is 0 Å². The van der Waals surface area contributed by atoms with Crippen molar-refractivity contribution >= 4 is 16.7 Å². The number of likely N-dealkylation sites (tertiary alicyclic amines) is 1. The number of piperidine rings is 1. The van der Waals surface area contributed by atoms with Crippen LogP contribution in [0.2, 0.25) is 0 Å². The smallest absolute Gasteiger partial charge is 0.350 e. The molecule has 6 heteroatoms. The zero-order valence-electron chi connectivity index (χ0n) is 18.3. The average molecular weight is 441 g/mol. The van der Waals surface area contributed by atoms with Gasteiger partial charge in [-0.05, 0) is 68.6 Å². The van der Waals surface area contributed by atoms with Gasteiger partial charge in [-0.25, -0.2) is 0 Å². The van der Waals surface area contributed by atoms with Gasteiger partial charge in [0.1, 0.15) is 0 Å². The number of aryl methyl sites for hydroxylation is 1. The Bertz CT molecular complexity index is 1140. The Morgan fingerprint density at radius 3 is 2.53 bits per heavy atom. The largest absolute Gasteiger partial charge is 0.416 e. The van der Waals surface area contributed by atoms with Crippen molar-refractivity contribution in [2.45, 2.75) is 32.0 Å². The van der Waals surface area contributed by atoms with Gasteiger partial charge in [0.05, 0.1) is 5.56 Å². The molecule has 4 rings (SSSR count). The van der Waals surface area contributed by atoms with E-state index in [0.29, 0.717) is 17.0 Å². The first kappa shape index (κ1) is 22.3. The molecule has 1 aliphatic heterocycles. The molecule has 0 N–H and O–H groups in total. The summed E-state index contributed by atoms with van der Waals surface area (Å²) in [5, 5.41) is 0.953. The van der Waals surface area contributed by atoms with Gasteiger partial charge in [-0.3, -0.25) is 9.69 Å². The molecule has 168 valence electrons. The molecule has 2 heterocycles. The number of para-hydroxylation sites is 1. The maximum absolute atomic E-state index is 13.0. The molecule has 0 aliphatic carbocycles. The fourth-order valence-electron chi connectivity index (χ4n) is 4.54. The number of carbonyl (C=O) groups excluding carboxylic acids is 1. The molecular formula is C26H27F3N2O. The van der Waals surface area contributed by atoms with Gasteiger partial charge in [-0.1, -0.05) is 36.4 Å². The number of hydrogen-bond acceptors (Lipinski definition) is 2. The molecule has 1 atom stereocenters. The van der Waals surface area contributed by atoms with E-state index >= 15 is 0 Å². The molecule has 1 fully saturated rings. The summed E-state index contributed by atoms with van der Waals surface area (Å²) in [5.41, 5.74) is 1.81. The summed E-state index contributed by atoms with van der Waals surface area (Å²) in [6.07, 6.45) is 2.97. The number of nitrogens with zero attached hydrogens (tertiary/aromatic N) is 2. The van der Waals surface area contributed by atoms with E-state index in [-0.39, 0.29) is 11.8 Å². The Morgan fingerprint density at radius 1 is 1.09 bits per heavy atom. The predicted octanol–water partition coefficient (Wildman–Crippen LogP) is 6.41. The first-order chi connectivity index (χ1) is 15.2. The molecule has 1 saturated heterocycles. The minimum Gasteiger partial charge on any atom is -0.350 e. The van der Waals surface area contributed by atoms with E-state index in [2.05, 4.69) is 4.90 Å². The molecule has 3 aromatic rings. The Hall–Kier alpha value is -2.86. The fourth-order valence-corrected chi connectivity index (χ4v) is 4.54. The van der Waals surface area contributed by atoms with E-state index in [1.54, 1.807) is 12.1 Å². The van der Waals surface area contributed by atoms with Crippen molar-refractivity contribution in [2.24, 2.45) is 13.0 Å². The van der Waals surface area contributed by atoms with Crippen LogP contribution in [-0.2, 0) is 13.2 Å². The van der Waals surface area contributed by atoms with Crippen LogP contribution in [0.1, 0.15) is 47.3 Å². The minimum atomic E-state index is -4.33. The van der Waals surface area contributed by atoms with Crippen molar-refractivity contribution in [3.8, 4) is 0 Å². The summed E-state index contributed by atoms with van der Waals surface area (Å²) in [6, 6.07) is 13.4. The quantitative estimate of drug-likeness (QED) is 0.338. The first-order valence-corrected chi connectivity index (χ1v) is 10.9. The lowest BCUT2D eigenvalue weighted by atomic mass is 9.93. The van der Waals surface area contributed by atoms with Crippen LogP contribution in [0.15, 0.2) is 66.9 Å². The Balaban J connectivity index is 1.37. The minimum absolute atomic E-state index is 0.00145. The van der Waals surface area contributed by atoms with Crippen LogP contribution in [0.4, 0.5) is 13.2 Å². The topological polar surface area (TPSA) is 25.2 Å². The van der Waals surface area contributed by atoms with E-state index in [9.17, 15) is 18.0 Å². The maximum atomic E-state index is 13.0. The van der Waals surface area contributed by atoms with Gasteiger partial charge in [-0.15, -0.1) is 0 Å². The van der Waals surface area contributed by atoms with E-state index < -0.39 is 11.7 Å². The molecule has 2 aromatic carbocycles. The number of ketones is 1. The van der Waals surface area contributed by atoms with Crippen LogP contribution < -0.4 is 0 Å². The van der Waals surface area contributed by atoms with Gasteiger partial charge in [-0.2, -0.15) is 13.2 Å². The summed E-state index contributed by atoms with van der Waals surface area (Å²) in [4.78, 5) is 15.0. The van der Waals surface area contributed by atoms with Crippen LogP contribution in [-0.4, -0.2) is 28.3 Å². The molecule has 1 aliphatic rings. The summed E-state index contributed by atoms with van der Waals surface area (Å²) >= 11 is 0. The highest BCUT2D eigenvalue weighted by Crippen LogP contribution is 2.33. The summed E-state index contributed by atoms with van der Waals surface area (Å²) in [5.74, 6) is 0.292. The second kappa shape index (κ2) is 8.94. The zero-order valence-corrected chi connectivity index (χ0v) is 18.3. The predicted molar refractivity (Wildman–Crippen MR) is 121 cm³/mol. The third-order valence-electron chi connectivity index (χ3n) is 6.50. The molecule has 0 bridgehead atoms. The summed E-state index contributed by atoms with van der Waals surface area (Å²) in [6.45, 7) is 3.53. The molecular weight excluding hydrogens is 413 g/mol. The average Bonchev–Trinajstić information content (AvgIpc) is 3.14. The number of carbonyl (C=O) groups is 1. The second-order valence-corrected chi connectivity index (χ2v) is 8.57. The highest BCUT2D eigenvalue weighted by Gasteiger charge is 2.31. The Morgan fingerprint density at radius 2 is 1.81 bits per heavy atom. The lowest BCUT2D eigenvalue weighted by molar-refractivity contribution is -0.137. The van der Waals surface area contributed by atoms with E-state index in [1.807, 2.05) is 55.1 Å². The SMILES string of the molecule is CC(c1cccc(C(F)(F)F)c1)N1CCC(C=CC(=O)c2cn(C)c3ccccc23)CC1. The second-order valence-electron chi connectivity index (χ2n) is 8.57. The van der Waals surface area contributed by atoms with Crippen molar-refractivity contribution < 1.29 is 18.0 Å². The number of benzene rings is 2. The van der Waals surface area contributed by atoms with E-state index in [0.717, 1.165) is 42.9 Å². The zero-order chi connectivity index (χ0) is 22.9. The highest BCUT2D eigenvalue weighted by atomic mass is 19.4. The molecule has 3 nitrogen and oxygen atoms in total. The third-order valence-corrected chi connectivity index (χ3v) is 6.50. The van der Waals surface area contributed by atoms with Gasteiger partial charge in [0.15, 0.2) is 5.78 Å². The number of allylic oxidation sites excluding steroid dienone is 2. The Kier molecular flexibility index (Phi) is 6.24. The maximum Gasteiger partial charge on any atom is 0.416 e. The number of aromatic nitrogens is 1. The molecule has 32 heavy (non-hydrogen) atoms. The first-order valence-electron chi connectivity index (χ1n) is 10.9. The molecule has 0 radical (unpaired) electrons. The third kappa shape index (κ3) is 4.65. The molecule has 1 unspecified atom stereocenters. The van der Waals surface area contributed by atoms with Crippen molar-refractivity contribution in [1.29, 1.82) is 0 Å². The Labute approximate surface area is 186 Å². The number of alkyl halides is 3. The van der Waals surface area contributed by atoms with Crippen LogP contribution in [0, 0.1) is 5.92 Å². The van der Waals surface area contributed by atoms with Crippen LogP contribution in [0.5, 0.6) is 0 Å². The number of fused-ring (bicyclic) bond motifs is 1.